The van der Waals surface area contributed by atoms with Crippen molar-refractivity contribution in [1.29, 1.82) is 0 Å². The smallest absolute Gasteiger partial charge is 0.330 e. The minimum absolute atomic E-state index is 0.0347. The molecule has 2 aromatic heterocycles. The van der Waals surface area contributed by atoms with Gasteiger partial charge in [-0.2, -0.15) is 0 Å². The van der Waals surface area contributed by atoms with E-state index < -0.39 is 29.4 Å². The van der Waals surface area contributed by atoms with E-state index in [4.69, 9.17) is 0 Å². The number of aromatic nitrogens is 3. The number of ether oxygens (including phenoxy) is 1. The van der Waals surface area contributed by atoms with Gasteiger partial charge in [-0.15, -0.1) is 0 Å². The maximum atomic E-state index is 13.1. The van der Waals surface area contributed by atoms with Crippen molar-refractivity contribution in [3.8, 4) is 0 Å². The number of methoxy groups -OCH3 is 1. The van der Waals surface area contributed by atoms with Crippen LogP contribution in [-0.2, 0) is 32.7 Å². The molecular formula is C26H36N6O6. The molecule has 2 rings (SSSR count). The third-order valence-corrected chi connectivity index (χ3v) is 5.97. The molecular weight excluding hydrogens is 492 g/mol. The first-order chi connectivity index (χ1) is 18.2. The van der Waals surface area contributed by atoms with Gasteiger partial charge in [0, 0.05) is 32.1 Å². The van der Waals surface area contributed by atoms with Crippen molar-refractivity contribution in [2.75, 3.05) is 19.0 Å². The predicted molar refractivity (Wildman–Crippen MR) is 141 cm³/mol. The first-order valence-electron chi connectivity index (χ1n) is 12.5. The van der Waals surface area contributed by atoms with Crippen molar-refractivity contribution < 1.29 is 23.9 Å². The Kier molecular flexibility index (Phi) is 11.9. The molecule has 0 aliphatic heterocycles. The fraction of sp³-hybridized carbons (Fsp3) is 0.462. The first kappa shape index (κ1) is 30.0. The number of aryl methyl sites for hydroxylation is 1. The molecule has 3 amide bonds. The molecule has 2 aromatic rings. The second-order valence-corrected chi connectivity index (χ2v) is 8.78. The van der Waals surface area contributed by atoms with E-state index in [1.165, 1.54) is 48.6 Å². The predicted octanol–water partition coefficient (Wildman–Crippen LogP) is 1.38. The van der Waals surface area contributed by atoms with Crippen molar-refractivity contribution in [3.63, 3.8) is 0 Å². The molecule has 2 heterocycles. The lowest BCUT2D eigenvalue weighted by atomic mass is 10.0. The summed E-state index contributed by atoms with van der Waals surface area (Å²) in [6.07, 6.45) is 9.45. The Balaban J connectivity index is 2.13. The Morgan fingerprint density at radius 2 is 1.92 bits per heavy atom. The third kappa shape index (κ3) is 9.34. The van der Waals surface area contributed by atoms with Crippen LogP contribution in [0.15, 0.2) is 47.8 Å². The van der Waals surface area contributed by atoms with E-state index in [1.807, 2.05) is 0 Å². The summed E-state index contributed by atoms with van der Waals surface area (Å²) in [5.74, 6) is -1.68. The molecule has 1 unspecified atom stereocenters. The number of imidazole rings is 1. The topological polar surface area (TPSA) is 153 Å². The zero-order valence-corrected chi connectivity index (χ0v) is 22.2. The molecule has 0 radical (unpaired) electrons. The summed E-state index contributed by atoms with van der Waals surface area (Å²) < 4.78 is 7.35. The average Bonchev–Trinajstić information content (AvgIpc) is 3.34. The number of amides is 3. The van der Waals surface area contributed by atoms with Crippen LogP contribution in [0.2, 0.25) is 0 Å². The molecule has 0 aromatic carbocycles. The van der Waals surface area contributed by atoms with E-state index in [-0.39, 0.29) is 36.7 Å². The number of hydrogen-bond acceptors (Lipinski definition) is 7. The van der Waals surface area contributed by atoms with Crippen LogP contribution in [0.25, 0.3) is 0 Å². The Hall–Kier alpha value is -4.22. The van der Waals surface area contributed by atoms with Gasteiger partial charge in [-0.25, -0.2) is 9.78 Å². The first-order valence-corrected chi connectivity index (χ1v) is 12.5. The van der Waals surface area contributed by atoms with E-state index >= 15 is 0 Å². The van der Waals surface area contributed by atoms with E-state index in [0.717, 1.165) is 12.8 Å². The lowest BCUT2D eigenvalue weighted by Gasteiger charge is -2.18. The van der Waals surface area contributed by atoms with Crippen LogP contribution in [0.4, 0.5) is 5.69 Å². The number of rotatable bonds is 14. The molecule has 0 saturated heterocycles. The fourth-order valence-electron chi connectivity index (χ4n) is 3.56. The Bertz CT molecular complexity index is 1200. The van der Waals surface area contributed by atoms with Gasteiger partial charge in [-0.05, 0) is 30.9 Å². The summed E-state index contributed by atoms with van der Waals surface area (Å²) in [6.45, 7) is 4.44. The summed E-state index contributed by atoms with van der Waals surface area (Å²) in [4.78, 5) is 66.3. The molecule has 0 bridgehead atoms. The lowest BCUT2D eigenvalue weighted by molar-refractivity contribution is -0.134. The minimum atomic E-state index is -1.04. The van der Waals surface area contributed by atoms with Crippen LogP contribution in [0.3, 0.4) is 0 Å². The lowest BCUT2D eigenvalue weighted by Crippen LogP contribution is -2.44. The molecule has 3 N–H and O–H groups in total. The second-order valence-electron chi connectivity index (χ2n) is 8.78. The summed E-state index contributed by atoms with van der Waals surface area (Å²) in [5.41, 5.74) is -0.469. The zero-order valence-electron chi connectivity index (χ0n) is 22.2. The Morgan fingerprint density at radius 3 is 2.55 bits per heavy atom. The summed E-state index contributed by atoms with van der Waals surface area (Å²) in [6, 6.07) is 1.93. The zero-order chi connectivity index (χ0) is 28.1. The van der Waals surface area contributed by atoms with E-state index in [1.54, 1.807) is 17.7 Å². The highest BCUT2D eigenvalue weighted by Crippen LogP contribution is 2.07. The van der Waals surface area contributed by atoms with Crippen LogP contribution >= 0.6 is 0 Å². The van der Waals surface area contributed by atoms with Crippen LogP contribution in [0.1, 0.15) is 50.0 Å². The molecule has 1 atom stereocenters. The number of anilines is 1. The van der Waals surface area contributed by atoms with Crippen molar-refractivity contribution in [3.05, 3.63) is 59.1 Å². The van der Waals surface area contributed by atoms with Gasteiger partial charge >= 0.3 is 5.97 Å². The van der Waals surface area contributed by atoms with E-state index in [9.17, 15) is 24.0 Å². The van der Waals surface area contributed by atoms with Gasteiger partial charge in [0.1, 0.15) is 24.0 Å². The number of nitrogens with one attached hydrogen (secondary N) is 3. The third-order valence-electron chi connectivity index (χ3n) is 5.97. The number of pyridine rings is 1. The van der Waals surface area contributed by atoms with Crippen LogP contribution in [-0.4, -0.2) is 57.5 Å². The molecule has 38 heavy (non-hydrogen) atoms. The molecule has 0 aliphatic rings. The van der Waals surface area contributed by atoms with Crippen LogP contribution < -0.4 is 21.5 Å². The van der Waals surface area contributed by atoms with Gasteiger partial charge in [-0.1, -0.05) is 32.8 Å². The molecule has 0 aliphatic carbocycles. The normalized spacial score (nSPS) is 11.8. The molecule has 0 fully saturated rings. The Morgan fingerprint density at radius 1 is 1.18 bits per heavy atom. The number of carbonyl (C=O) groups is 4. The Labute approximate surface area is 221 Å². The number of nitrogens with zero attached hydrogens (tertiary/aromatic N) is 3. The van der Waals surface area contributed by atoms with Crippen molar-refractivity contribution in [1.82, 2.24) is 24.8 Å². The minimum Gasteiger partial charge on any atom is -0.466 e. The average molecular weight is 529 g/mol. The van der Waals surface area contributed by atoms with Gasteiger partial charge in [0.25, 0.3) is 11.5 Å². The number of esters is 1. The standard InChI is InChI=1S/C26H36N6O6/c1-5-18(6-2)14-27-22(33)16-32-13-9-11-20(26(32)37)30-24(35)19(10-7-8-12-23(34)38-4)29-25(36)21-15-31(3)17-28-21/h8-9,11-13,15,17-19H,5-7,10,14,16H2,1-4H3,(H,27,33)(H,29,36)(H,30,35)/b12-8+. The number of hydrogen-bond donors (Lipinski definition) is 3. The largest absolute Gasteiger partial charge is 0.466 e. The summed E-state index contributed by atoms with van der Waals surface area (Å²) in [7, 11) is 2.96. The summed E-state index contributed by atoms with van der Waals surface area (Å²) >= 11 is 0. The maximum absolute atomic E-state index is 13.1. The highest BCUT2D eigenvalue weighted by atomic mass is 16.5. The SMILES string of the molecule is CCC(CC)CNC(=O)Cn1cccc(NC(=O)C(CC/C=C/C(=O)OC)NC(=O)c2cn(C)cn2)c1=O. The molecule has 12 nitrogen and oxygen atoms in total. The molecule has 0 spiro atoms. The highest BCUT2D eigenvalue weighted by Gasteiger charge is 2.23. The molecule has 0 saturated carbocycles. The van der Waals surface area contributed by atoms with Crippen molar-refractivity contribution in [2.45, 2.75) is 52.1 Å². The second kappa shape index (κ2) is 15.1. The van der Waals surface area contributed by atoms with Gasteiger partial charge in [-0.3, -0.25) is 19.2 Å². The number of allylic oxidation sites excluding steroid dienone is 1. The quantitative estimate of drug-likeness (QED) is 0.247. The fourth-order valence-corrected chi connectivity index (χ4v) is 3.56. The van der Waals surface area contributed by atoms with Crippen LogP contribution in [0.5, 0.6) is 0 Å². The van der Waals surface area contributed by atoms with Crippen molar-refractivity contribution in [2.24, 2.45) is 13.0 Å². The monoisotopic (exact) mass is 528 g/mol. The molecule has 12 heteroatoms. The van der Waals surface area contributed by atoms with Crippen molar-refractivity contribution >= 4 is 29.4 Å². The van der Waals surface area contributed by atoms with Crippen LogP contribution in [0, 0.1) is 5.92 Å². The van der Waals surface area contributed by atoms with Gasteiger partial charge < -0.3 is 29.8 Å². The van der Waals surface area contributed by atoms with E-state index in [0.29, 0.717) is 12.5 Å². The highest BCUT2D eigenvalue weighted by molar-refractivity contribution is 6.00. The summed E-state index contributed by atoms with van der Waals surface area (Å²) in [5, 5.41) is 8.02. The molecule has 206 valence electrons. The maximum Gasteiger partial charge on any atom is 0.330 e. The van der Waals surface area contributed by atoms with Gasteiger partial charge in [0.05, 0.1) is 13.4 Å². The van der Waals surface area contributed by atoms with Gasteiger partial charge in [0.2, 0.25) is 11.8 Å². The number of carbonyl (C=O) groups excluding carboxylic acids is 4. The van der Waals surface area contributed by atoms with E-state index in [2.05, 4.69) is 39.5 Å². The van der Waals surface area contributed by atoms with Gasteiger partial charge in [0.15, 0.2) is 0 Å².